The van der Waals surface area contributed by atoms with Crippen LogP contribution < -0.4 is 0 Å². The second-order valence-electron chi connectivity index (χ2n) is 2.84. The fourth-order valence-electron chi connectivity index (χ4n) is 1.18. The number of hydrogen-bond donors (Lipinski definition) is 0. The van der Waals surface area contributed by atoms with Gasteiger partial charge in [-0.2, -0.15) is 0 Å². The van der Waals surface area contributed by atoms with Crippen LogP contribution in [0.15, 0.2) is 35.7 Å². The molecule has 0 aliphatic carbocycles. The molecule has 0 aliphatic rings. The summed E-state index contributed by atoms with van der Waals surface area (Å²) in [4.78, 5) is 2.21. The van der Waals surface area contributed by atoms with Gasteiger partial charge in [-0.25, -0.2) is 0 Å². The number of halogens is 1. The standard InChI is InChI=1S/C10H14ClNO/c1-2-5-12(6-4-11)8-10-3-7-13-9-10/h2-3,7,9H,1,4-6,8H2. The van der Waals surface area contributed by atoms with Gasteiger partial charge in [0.05, 0.1) is 12.5 Å². The van der Waals surface area contributed by atoms with Crippen LogP contribution >= 0.6 is 11.6 Å². The second-order valence-corrected chi connectivity index (χ2v) is 3.22. The molecule has 0 aliphatic heterocycles. The molecule has 0 aromatic carbocycles. The van der Waals surface area contributed by atoms with E-state index in [0.717, 1.165) is 19.6 Å². The Labute approximate surface area is 83.8 Å². The summed E-state index contributed by atoms with van der Waals surface area (Å²) < 4.78 is 4.99. The molecule has 0 saturated heterocycles. The van der Waals surface area contributed by atoms with E-state index in [1.54, 1.807) is 12.5 Å². The molecule has 0 spiro atoms. The second kappa shape index (κ2) is 5.84. The Morgan fingerprint density at radius 3 is 3.00 bits per heavy atom. The summed E-state index contributed by atoms with van der Waals surface area (Å²) in [5.74, 6) is 0.645. The number of nitrogens with zero attached hydrogens (tertiary/aromatic N) is 1. The van der Waals surface area contributed by atoms with Crippen LogP contribution in [-0.2, 0) is 6.54 Å². The smallest absolute Gasteiger partial charge is 0.0947 e. The van der Waals surface area contributed by atoms with Crippen molar-refractivity contribution in [1.29, 1.82) is 0 Å². The highest BCUT2D eigenvalue weighted by atomic mass is 35.5. The molecule has 0 radical (unpaired) electrons. The molecule has 72 valence electrons. The molecular weight excluding hydrogens is 186 g/mol. The van der Waals surface area contributed by atoms with Crippen LogP contribution in [0.4, 0.5) is 0 Å². The molecule has 2 nitrogen and oxygen atoms in total. The van der Waals surface area contributed by atoms with Gasteiger partial charge in [-0.05, 0) is 6.07 Å². The Bertz CT molecular complexity index is 233. The average Bonchev–Trinajstić information content (AvgIpc) is 2.58. The number of furan rings is 1. The lowest BCUT2D eigenvalue weighted by atomic mass is 10.3. The largest absolute Gasteiger partial charge is 0.472 e. The zero-order valence-electron chi connectivity index (χ0n) is 7.58. The summed E-state index contributed by atoms with van der Waals surface area (Å²) in [5, 5.41) is 0. The van der Waals surface area contributed by atoms with Crippen molar-refractivity contribution >= 4 is 11.6 Å². The van der Waals surface area contributed by atoms with E-state index < -0.39 is 0 Å². The van der Waals surface area contributed by atoms with Crippen LogP contribution in [0, 0.1) is 0 Å². The third-order valence-corrected chi connectivity index (χ3v) is 1.94. The SMILES string of the molecule is C=CCN(CCCl)Cc1ccoc1. The first-order valence-electron chi connectivity index (χ1n) is 4.27. The minimum absolute atomic E-state index is 0.645. The van der Waals surface area contributed by atoms with Crippen molar-refractivity contribution in [3.63, 3.8) is 0 Å². The third-order valence-electron chi connectivity index (χ3n) is 1.77. The zero-order chi connectivity index (χ0) is 9.52. The predicted octanol–water partition coefficient (Wildman–Crippen LogP) is 2.51. The average molecular weight is 200 g/mol. The Morgan fingerprint density at radius 1 is 1.62 bits per heavy atom. The fraction of sp³-hybridized carbons (Fsp3) is 0.400. The molecule has 0 N–H and O–H groups in total. The fourth-order valence-corrected chi connectivity index (χ4v) is 1.42. The normalized spacial score (nSPS) is 10.6. The Hall–Kier alpha value is -0.730. The summed E-state index contributed by atoms with van der Waals surface area (Å²) in [7, 11) is 0. The lowest BCUT2D eigenvalue weighted by Gasteiger charge is -2.17. The molecule has 1 aromatic heterocycles. The highest BCUT2D eigenvalue weighted by Gasteiger charge is 2.03. The van der Waals surface area contributed by atoms with Crippen molar-refractivity contribution in [2.24, 2.45) is 0 Å². The summed E-state index contributed by atoms with van der Waals surface area (Å²) in [6.45, 7) is 6.31. The van der Waals surface area contributed by atoms with Crippen LogP contribution in [0.25, 0.3) is 0 Å². The van der Waals surface area contributed by atoms with Gasteiger partial charge in [-0.15, -0.1) is 18.2 Å². The van der Waals surface area contributed by atoms with Gasteiger partial charge in [0.2, 0.25) is 0 Å². The molecule has 0 unspecified atom stereocenters. The maximum Gasteiger partial charge on any atom is 0.0947 e. The van der Waals surface area contributed by atoms with E-state index in [1.165, 1.54) is 5.56 Å². The van der Waals surface area contributed by atoms with Crippen LogP contribution in [0.3, 0.4) is 0 Å². The Balaban J connectivity index is 2.42. The zero-order valence-corrected chi connectivity index (χ0v) is 8.33. The summed E-state index contributed by atoms with van der Waals surface area (Å²) in [5.41, 5.74) is 1.17. The minimum atomic E-state index is 0.645. The summed E-state index contributed by atoms with van der Waals surface area (Å²) in [6.07, 6.45) is 5.32. The topological polar surface area (TPSA) is 16.4 Å². The van der Waals surface area contributed by atoms with Crippen molar-refractivity contribution in [3.05, 3.63) is 36.8 Å². The van der Waals surface area contributed by atoms with Crippen LogP contribution in [0.1, 0.15) is 5.56 Å². The maximum atomic E-state index is 5.67. The highest BCUT2D eigenvalue weighted by molar-refractivity contribution is 6.18. The lowest BCUT2D eigenvalue weighted by Crippen LogP contribution is -2.25. The molecule has 13 heavy (non-hydrogen) atoms. The highest BCUT2D eigenvalue weighted by Crippen LogP contribution is 2.05. The van der Waals surface area contributed by atoms with E-state index in [4.69, 9.17) is 16.0 Å². The van der Waals surface area contributed by atoms with Crippen molar-refractivity contribution in [3.8, 4) is 0 Å². The van der Waals surface area contributed by atoms with E-state index in [-0.39, 0.29) is 0 Å². The molecule has 0 atom stereocenters. The number of alkyl halides is 1. The van der Waals surface area contributed by atoms with Gasteiger partial charge < -0.3 is 4.42 Å². The molecule has 0 bridgehead atoms. The molecule has 1 aromatic rings. The number of rotatable bonds is 6. The summed E-state index contributed by atoms with van der Waals surface area (Å²) >= 11 is 5.67. The molecule has 3 heteroatoms. The molecule has 0 saturated carbocycles. The predicted molar refractivity (Wildman–Crippen MR) is 54.9 cm³/mol. The van der Waals surface area contributed by atoms with Crippen molar-refractivity contribution < 1.29 is 4.42 Å². The van der Waals surface area contributed by atoms with Gasteiger partial charge in [-0.1, -0.05) is 6.08 Å². The van der Waals surface area contributed by atoms with E-state index in [9.17, 15) is 0 Å². The van der Waals surface area contributed by atoms with Gasteiger partial charge in [0.25, 0.3) is 0 Å². The number of hydrogen-bond acceptors (Lipinski definition) is 2. The quantitative estimate of drug-likeness (QED) is 0.517. The van der Waals surface area contributed by atoms with Gasteiger partial charge in [0.1, 0.15) is 0 Å². The lowest BCUT2D eigenvalue weighted by molar-refractivity contribution is 0.312. The van der Waals surface area contributed by atoms with Crippen molar-refractivity contribution in [1.82, 2.24) is 4.90 Å². The third kappa shape index (κ3) is 3.66. The van der Waals surface area contributed by atoms with Crippen LogP contribution in [0.5, 0.6) is 0 Å². The van der Waals surface area contributed by atoms with Crippen molar-refractivity contribution in [2.45, 2.75) is 6.54 Å². The monoisotopic (exact) mass is 199 g/mol. The van der Waals surface area contributed by atoms with E-state index in [2.05, 4.69) is 11.5 Å². The maximum absolute atomic E-state index is 5.67. The van der Waals surface area contributed by atoms with Gasteiger partial charge >= 0.3 is 0 Å². The minimum Gasteiger partial charge on any atom is -0.472 e. The van der Waals surface area contributed by atoms with Gasteiger partial charge in [0.15, 0.2) is 0 Å². The van der Waals surface area contributed by atoms with Gasteiger partial charge in [0, 0.05) is 31.1 Å². The van der Waals surface area contributed by atoms with Crippen molar-refractivity contribution in [2.75, 3.05) is 19.0 Å². The van der Waals surface area contributed by atoms with E-state index in [1.807, 2.05) is 12.1 Å². The first-order chi connectivity index (χ1) is 6.36. The first kappa shape index (κ1) is 10.4. The molecule has 0 fully saturated rings. The van der Waals surface area contributed by atoms with Gasteiger partial charge in [-0.3, -0.25) is 4.90 Å². The van der Waals surface area contributed by atoms with Crippen LogP contribution in [-0.4, -0.2) is 23.9 Å². The van der Waals surface area contributed by atoms with E-state index >= 15 is 0 Å². The Morgan fingerprint density at radius 2 is 2.46 bits per heavy atom. The molecule has 1 rings (SSSR count). The Kier molecular flexibility index (Phi) is 4.65. The van der Waals surface area contributed by atoms with E-state index in [0.29, 0.717) is 5.88 Å². The first-order valence-corrected chi connectivity index (χ1v) is 4.80. The molecule has 0 amide bonds. The van der Waals surface area contributed by atoms with Crippen LogP contribution in [0.2, 0.25) is 0 Å². The molecular formula is C10H14ClNO. The molecule has 1 heterocycles. The summed E-state index contributed by atoms with van der Waals surface area (Å²) in [6, 6.07) is 1.96.